The molecule has 2 amide bonds. The number of rotatable bonds is 3. The molecule has 0 atom stereocenters. The van der Waals surface area contributed by atoms with E-state index in [-0.39, 0.29) is 17.7 Å². The third-order valence-corrected chi connectivity index (χ3v) is 6.47. The van der Waals surface area contributed by atoms with Crippen LogP contribution in [0.1, 0.15) is 58.0 Å². The summed E-state index contributed by atoms with van der Waals surface area (Å²) in [7, 11) is 0. The number of para-hydroxylation sites is 1. The maximum absolute atomic E-state index is 13.3. The highest BCUT2D eigenvalue weighted by Crippen LogP contribution is 2.32. The second kappa shape index (κ2) is 8.46. The van der Waals surface area contributed by atoms with Crippen molar-refractivity contribution < 1.29 is 9.59 Å². The molecule has 2 aliphatic rings. The Hall–Kier alpha value is -3.28. The quantitative estimate of drug-likeness (QED) is 0.652. The number of amides is 2. The predicted molar refractivity (Wildman–Crippen MR) is 119 cm³/mol. The molecule has 0 aliphatic carbocycles. The van der Waals surface area contributed by atoms with Crippen molar-refractivity contribution in [3.05, 3.63) is 71.7 Å². The van der Waals surface area contributed by atoms with E-state index in [1.165, 1.54) is 0 Å². The van der Waals surface area contributed by atoms with E-state index in [4.69, 9.17) is 4.98 Å². The van der Waals surface area contributed by atoms with Gasteiger partial charge in [0.25, 0.3) is 11.8 Å². The minimum absolute atomic E-state index is 0.0423. The zero-order valence-corrected chi connectivity index (χ0v) is 17.5. The van der Waals surface area contributed by atoms with Crippen LogP contribution in [0.2, 0.25) is 0 Å². The number of hydrogen-bond donors (Lipinski definition) is 0. The lowest BCUT2D eigenvalue weighted by Gasteiger charge is -2.33. The second-order valence-corrected chi connectivity index (χ2v) is 8.42. The van der Waals surface area contributed by atoms with Gasteiger partial charge in [-0.25, -0.2) is 0 Å². The molecular weight excluding hydrogens is 388 g/mol. The molecule has 0 spiro atoms. The minimum atomic E-state index is 0.0423. The number of pyridine rings is 2. The Bertz CT molecular complexity index is 1100. The first-order valence-corrected chi connectivity index (χ1v) is 11.1. The highest BCUT2D eigenvalue weighted by molar-refractivity contribution is 5.99. The summed E-state index contributed by atoms with van der Waals surface area (Å²) in [5, 5.41) is 0.999. The van der Waals surface area contributed by atoms with Gasteiger partial charge in [0, 0.05) is 55.4 Å². The van der Waals surface area contributed by atoms with Gasteiger partial charge in [-0.3, -0.25) is 19.6 Å². The van der Waals surface area contributed by atoms with Gasteiger partial charge in [-0.1, -0.05) is 18.2 Å². The van der Waals surface area contributed by atoms with E-state index in [0.717, 1.165) is 60.9 Å². The van der Waals surface area contributed by atoms with E-state index in [0.29, 0.717) is 18.7 Å². The summed E-state index contributed by atoms with van der Waals surface area (Å²) in [5.74, 6) is 0.314. The molecule has 0 saturated carbocycles. The van der Waals surface area contributed by atoms with Crippen molar-refractivity contribution in [1.82, 2.24) is 19.8 Å². The van der Waals surface area contributed by atoms with Gasteiger partial charge in [-0.15, -0.1) is 0 Å². The van der Waals surface area contributed by atoms with Crippen LogP contribution >= 0.6 is 0 Å². The fraction of sp³-hybridized carbons (Fsp3) is 0.360. The average molecular weight is 415 g/mol. The van der Waals surface area contributed by atoms with Crippen LogP contribution in [0.4, 0.5) is 0 Å². The molecule has 2 fully saturated rings. The third kappa shape index (κ3) is 3.90. The highest BCUT2D eigenvalue weighted by Gasteiger charge is 2.30. The van der Waals surface area contributed by atoms with E-state index in [1.54, 1.807) is 24.5 Å². The summed E-state index contributed by atoms with van der Waals surface area (Å²) < 4.78 is 0. The molecule has 5 rings (SSSR count). The van der Waals surface area contributed by atoms with Crippen molar-refractivity contribution in [2.24, 2.45) is 0 Å². The van der Waals surface area contributed by atoms with E-state index in [2.05, 4.69) is 4.98 Å². The van der Waals surface area contributed by atoms with Crippen LogP contribution in [0.15, 0.2) is 54.9 Å². The Kier molecular flexibility index (Phi) is 5.37. The smallest absolute Gasteiger partial charge is 0.255 e. The van der Waals surface area contributed by atoms with Crippen LogP contribution in [0, 0.1) is 0 Å². The van der Waals surface area contributed by atoms with Gasteiger partial charge in [0.05, 0.1) is 16.8 Å². The second-order valence-electron chi connectivity index (χ2n) is 8.42. The van der Waals surface area contributed by atoms with Crippen molar-refractivity contribution in [3.63, 3.8) is 0 Å². The lowest BCUT2D eigenvalue weighted by molar-refractivity contribution is 0.0707. The standard InChI is InChI=1S/C25H26N4O2/c30-24(19-7-11-26-12-8-19)29-15-9-18(10-16-29)23-21(25(31)28-13-3-4-14-28)17-20-5-1-2-6-22(20)27-23/h1-2,5-8,11-12,17-18H,3-4,9-10,13-16H2. The summed E-state index contributed by atoms with van der Waals surface area (Å²) >= 11 is 0. The summed E-state index contributed by atoms with van der Waals surface area (Å²) in [5.41, 5.74) is 3.22. The lowest BCUT2D eigenvalue weighted by Crippen LogP contribution is -2.38. The van der Waals surface area contributed by atoms with Crippen molar-refractivity contribution in [2.75, 3.05) is 26.2 Å². The van der Waals surface area contributed by atoms with Crippen molar-refractivity contribution in [3.8, 4) is 0 Å². The molecule has 0 bridgehead atoms. The van der Waals surface area contributed by atoms with E-state index in [9.17, 15) is 9.59 Å². The first kappa shape index (κ1) is 19.7. The maximum Gasteiger partial charge on any atom is 0.255 e. The molecule has 2 aromatic heterocycles. The predicted octanol–water partition coefficient (Wildman–Crippen LogP) is 3.89. The van der Waals surface area contributed by atoms with Gasteiger partial charge in [0.2, 0.25) is 0 Å². The molecule has 2 saturated heterocycles. The van der Waals surface area contributed by atoms with Gasteiger partial charge in [-0.05, 0) is 49.9 Å². The number of piperidine rings is 1. The Morgan fingerprint density at radius 3 is 2.26 bits per heavy atom. The fourth-order valence-corrected chi connectivity index (χ4v) is 4.74. The van der Waals surface area contributed by atoms with Crippen LogP contribution < -0.4 is 0 Å². The Morgan fingerprint density at radius 1 is 0.839 bits per heavy atom. The number of hydrogen-bond acceptors (Lipinski definition) is 4. The molecule has 2 aliphatic heterocycles. The molecule has 0 N–H and O–H groups in total. The van der Waals surface area contributed by atoms with Crippen LogP contribution in [0.5, 0.6) is 0 Å². The van der Waals surface area contributed by atoms with Crippen molar-refractivity contribution in [2.45, 2.75) is 31.6 Å². The van der Waals surface area contributed by atoms with E-state index >= 15 is 0 Å². The molecule has 31 heavy (non-hydrogen) atoms. The molecule has 158 valence electrons. The van der Waals surface area contributed by atoms with Crippen LogP contribution in [0.3, 0.4) is 0 Å². The number of carbonyl (C=O) groups excluding carboxylic acids is 2. The number of benzene rings is 1. The zero-order valence-electron chi connectivity index (χ0n) is 17.5. The topological polar surface area (TPSA) is 66.4 Å². The molecule has 6 heteroatoms. The molecule has 4 heterocycles. The third-order valence-electron chi connectivity index (χ3n) is 6.47. The number of carbonyl (C=O) groups is 2. The maximum atomic E-state index is 13.3. The minimum Gasteiger partial charge on any atom is -0.339 e. The largest absolute Gasteiger partial charge is 0.339 e. The Balaban J connectivity index is 1.41. The normalized spacial score (nSPS) is 17.3. The molecule has 6 nitrogen and oxygen atoms in total. The van der Waals surface area contributed by atoms with E-state index in [1.807, 2.05) is 40.1 Å². The molecule has 3 aromatic rings. The Labute approximate surface area is 181 Å². The summed E-state index contributed by atoms with van der Waals surface area (Å²) in [6.45, 7) is 2.98. The highest BCUT2D eigenvalue weighted by atomic mass is 16.2. The lowest BCUT2D eigenvalue weighted by atomic mass is 9.89. The number of fused-ring (bicyclic) bond motifs is 1. The fourth-order valence-electron chi connectivity index (χ4n) is 4.74. The van der Waals surface area contributed by atoms with Crippen LogP contribution in [-0.4, -0.2) is 57.8 Å². The molecular formula is C25H26N4O2. The SMILES string of the molecule is O=C(c1ccncc1)N1CCC(c2nc3ccccc3cc2C(=O)N2CCCC2)CC1. The first-order valence-electron chi connectivity index (χ1n) is 11.1. The first-order chi connectivity index (χ1) is 15.2. The van der Waals surface area contributed by atoms with Gasteiger partial charge in [0.15, 0.2) is 0 Å². The van der Waals surface area contributed by atoms with Gasteiger partial charge in [-0.2, -0.15) is 0 Å². The monoisotopic (exact) mass is 414 g/mol. The van der Waals surface area contributed by atoms with E-state index < -0.39 is 0 Å². The molecule has 0 radical (unpaired) electrons. The van der Waals surface area contributed by atoms with Crippen LogP contribution in [0.25, 0.3) is 10.9 Å². The molecule has 1 aromatic carbocycles. The van der Waals surface area contributed by atoms with Crippen molar-refractivity contribution in [1.29, 1.82) is 0 Å². The zero-order chi connectivity index (χ0) is 21.2. The van der Waals surface area contributed by atoms with Gasteiger partial charge < -0.3 is 9.80 Å². The Morgan fingerprint density at radius 2 is 1.52 bits per heavy atom. The molecule has 0 unspecified atom stereocenters. The van der Waals surface area contributed by atoms with Gasteiger partial charge in [0.1, 0.15) is 0 Å². The number of likely N-dealkylation sites (tertiary alicyclic amines) is 2. The average Bonchev–Trinajstić information content (AvgIpc) is 3.38. The summed E-state index contributed by atoms with van der Waals surface area (Å²) in [4.78, 5) is 38.9. The summed E-state index contributed by atoms with van der Waals surface area (Å²) in [6.07, 6.45) is 7.05. The van der Waals surface area contributed by atoms with Crippen molar-refractivity contribution >= 4 is 22.7 Å². The summed E-state index contributed by atoms with van der Waals surface area (Å²) in [6, 6.07) is 13.5. The number of aromatic nitrogens is 2. The van der Waals surface area contributed by atoms with Gasteiger partial charge >= 0.3 is 0 Å². The van der Waals surface area contributed by atoms with Crippen LogP contribution in [-0.2, 0) is 0 Å². The number of nitrogens with zero attached hydrogens (tertiary/aromatic N) is 4.